The average molecular weight is 323 g/mol. The topological polar surface area (TPSA) is 33.0 Å². The highest BCUT2D eigenvalue weighted by Gasteiger charge is 2.00. The standard InChI is InChI=1S/C20H21NOS/c1-2-3-4-14-23-15-13-22-20-11-9-19(10-12-20)18-7-5-17(16-21)6-8-18/h2,5-12H,1,3-4,13-15H2. The minimum absolute atomic E-state index is 0.680. The van der Waals surface area contributed by atoms with Gasteiger partial charge in [0.1, 0.15) is 5.75 Å². The molecular weight excluding hydrogens is 302 g/mol. The number of nitrogens with zero attached hydrogens (tertiary/aromatic N) is 1. The van der Waals surface area contributed by atoms with Crippen LogP contribution < -0.4 is 4.74 Å². The maximum atomic E-state index is 8.83. The molecule has 0 aromatic heterocycles. The van der Waals surface area contributed by atoms with E-state index in [1.54, 1.807) is 0 Å². The fourth-order valence-electron chi connectivity index (χ4n) is 2.13. The second-order valence-electron chi connectivity index (χ2n) is 5.11. The van der Waals surface area contributed by atoms with Crippen LogP contribution in [-0.4, -0.2) is 18.1 Å². The van der Waals surface area contributed by atoms with Crippen molar-refractivity contribution >= 4 is 11.8 Å². The van der Waals surface area contributed by atoms with E-state index in [2.05, 4.69) is 12.6 Å². The van der Waals surface area contributed by atoms with Crippen LogP contribution in [0, 0.1) is 11.3 Å². The molecule has 0 fully saturated rings. The number of allylic oxidation sites excluding steroid dienone is 1. The number of unbranched alkanes of at least 4 members (excludes halogenated alkanes) is 1. The minimum atomic E-state index is 0.680. The lowest BCUT2D eigenvalue weighted by molar-refractivity contribution is 0.344. The van der Waals surface area contributed by atoms with Crippen LogP contribution in [0.15, 0.2) is 61.2 Å². The summed E-state index contributed by atoms with van der Waals surface area (Å²) >= 11 is 1.92. The average Bonchev–Trinajstić information content (AvgIpc) is 2.61. The Morgan fingerprint density at radius 3 is 2.26 bits per heavy atom. The second kappa shape index (κ2) is 9.76. The number of benzene rings is 2. The van der Waals surface area contributed by atoms with Crippen LogP contribution in [0.25, 0.3) is 11.1 Å². The van der Waals surface area contributed by atoms with Gasteiger partial charge in [-0.15, -0.1) is 6.58 Å². The summed E-state index contributed by atoms with van der Waals surface area (Å²) in [5.74, 6) is 3.07. The SMILES string of the molecule is C=CCCCSCCOc1ccc(-c2ccc(C#N)cc2)cc1. The van der Waals surface area contributed by atoms with Gasteiger partial charge in [-0.1, -0.05) is 30.3 Å². The zero-order valence-corrected chi connectivity index (χ0v) is 14.0. The van der Waals surface area contributed by atoms with Crippen LogP contribution in [0.1, 0.15) is 18.4 Å². The zero-order chi connectivity index (χ0) is 16.3. The van der Waals surface area contributed by atoms with Gasteiger partial charge in [0.05, 0.1) is 18.2 Å². The molecule has 2 aromatic carbocycles. The minimum Gasteiger partial charge on any atom is -0.493 e. The third-order valence-corrected chi connectivity index (χ3v) is 4.43. The normalized spacial score (nSPS) is 10.0. The molecule has 0 saturated heterocycles. The fraction of sp³-hybridized carbons (Fsp3) is 0.250. The summed E-state index contributed by atoms with van der Waals surface area (Å²) in [6, 6.07) is 17.8. The van der Waals surface area contributed by atoms with Crippen molar-refractivity contribution in [2.75, 3.05) is 18.1 Å². The first-order valence-corrected chi connectivity index (χ1v) is 8.91. The molecule has 118 valence electrons. The molecule has 0 aliphatic heterocycles. The van der Waals surface area contributed by atoms with Gasteiger partial charge in [0.15, 0.2) is 0 Å². The summed E-state index contributed by atoms with van der Waals surface area (Å²) in [4.78, 5) is 0. The molecule has 2 aromatic rings. The number of nitriles is 1. The monoisotopic (exact) mass is 323 g/mol. The smallest absolute Gasteiger partial charge is 0.119 e. The lowest BCUT2D eigenvalue weighted by atomic mass is 10.0. The van der Waals surface area contributed by atoms with Crippen molar-refractivity contribution in [2.45, 2.75) is 12.8 Å². The molecule has 0 aliphatic carbocycles. The van der Waals surface area contributed by atoms with Gasteiger partial charge in [0.2, 0.25) is 0 Å². The van der Waals surface area contributed by atoms with Gasteiger partial charge in [-0.2, -0.15) is 17.0 Å². The largest absolute Gasteiger partial charge is 0.493 e. The predicted octanol–water partition coefficient (Wildman–Crippen LogP) is 5.30. The van der Waals surface area contributed by atoms with Gasteiger partial charge < -0.3 is 4.74 Å². The highest BCUT2D eigenvalue weighted by molar-refractivity contribution is 7.99. The summed E-state index contributed by atoms with van der Waals surface area (Å²) in [7, 11) is 0. The molecule has 0 atom stereocenters. The van der Waals surface area contributed by atoms with E-state index in [1.165, 1.54) is 6.42 Å². The van der Waals surface area contributed by atoms with Crippen molar-refractivity contribution in [3.8, 4) is 22.9 Å². The molecule has 0 radical (unpaired) electrons. The Balaban J connectivity index is 1.78. The van der Waals surface area contributed by atoms with Crippen LogP contribution in [0.4, 0.5) is 0 Å². The van der Waals surface area contributed by atoms with E-state index in [4.69, 9.17) is 10.00 Å². The van der Waals surface area contributed by atoms with Crippen LogP contribution in [-0.2, 0) is 0 Å². The van der Waals surface area contributed by atoms with Gasteiger partial charge in [0.25, 0.3) is 0 Å². The van der Waals surface area contributed by atoms with E-state index >= 15 is 0 Å². The van der Waals surface area contributed by atoms with E-state index in [0.29, 0.717) is 5.56 Å². The van der Waals surface area contributed by atoms with Crippen LogP contribution in [0.3, 0.4) is 0 Å². The molecule has 0 bridgehead atoms. The van der Waals surface area contributed by atoms with Crippen LogP contribution >= 0.6 is 11.8 Å². The number of ether oxygens (including phenoxy) is 1. The Morgan fingerprint density at radius 2 is 1.65 bits per heavy atom. The highest BCUT2D eigenvalue weighted by atomic mass is 32.2. The van der Waals surface area contributed by atoms with E-state index < -0.39 is 0 Å². The van der Waals surface area contributed by atoms with Gasteiger partial charge in [-0.05, 0) is 54.0 Å². The summed E-state index contributed by atoms with van der Waals surface area (Å²) in [6.45, 7) is 4.45. The lowest BCUT2D eigenvalue weighted by Gasteiger charge is -2.07. The lowest BCUT2D eigenvalue weighted by Crippen LogP contribution is -2.00. The van der Waals surface area contributed by atoms with Crippen molar-refractivity contribution < 1.29 is 4.74 Å². The number of rotatable bonds is 9. The third-order valence-electron chi connectivity index (χ3n) is 3.39. The van der Waals surface area contributed by atoms with Crippen molar-refractivity contribution in [3.63, 3.8) is 0 Å². The van der Waals surface area contributed by atoms with Gasteiger partial charge >= 0.3 is 0 Å². The first-order chi connectivity index (χ1) is 11.3. The third kappa shape index (κ3) is 5.84. The summed E-state index contributed by atoms with van der Waals surface area (Å²) in [6.07, 6.45) is 4.24. The summed E-state index contributed by atoms with van der Waals surface area (Å²) in [5, 5.41) is 8.83. The molecule has 2 nitrogen and oxygen atoms in total. The van der Waals surface area contributed by atoms with E-state index in [-0.39, 0.29) is 0 Å². The second-order valence-corrected chi connectivity index (χ2v) is 6.33. The highest BCUT2D eigenvalue weighted by Crippen LogP contribution is 2.23. The summed E-state index contributed by atoms with van der Waals surface area (Å²) in [5.41, 5.74) is 2.91. The van der Waals surface area contributed by atoms with E-state index in [9.17, 15) is 0 Å². The Hall–Kier alpha value is -2.18. The molecule has 0 amide bonds. The van der Waals surface area contributed by atoms with Gasteiger partial charge in [-0.25, -0.2) is 0 Å². The van der Waals surface area contributed by atoms with Crippen molar-refractivity contribution in [2.24, 2.45) is 0 Å². The fourth-order valence-corrected chi connectivity index (χ4v) is 2.91. The molecule has 0 unspecified atom stereocenters. The first kappa shape index (κ1) is 17.2. The Kier molecular flexibility index (Phi) is 7.29. The molecule has 0 N–H and O–H groups in total. The zero-order valence-electron chi connectivity index (χ0n) is 13.2. The van der Waals surface area contributed by atoms with Crippen molar-refractivity contribution in [3.05, 3.63) is 66.7 Å². The number of hydrogen-bond acceptors (Lipinski definition) is 3. The van der Waals surface area contributed by atoms with Crippen molar-refractivity contribution in [1.82, 2.24) is 0 Å². The molecule has 0 spiro atoms. The van der Waals surface area contributed by atoms with E-state index in [0.717, 1.165) is 41.4 Å². The van der Waals surface area contributed by atoms with Crippen LogP contribution in [0.5, 0.6) is 5.75 Å². The Morgan fingerprint density at radius 1 is 1.00 bits per heavy atom. The quantitative estimate of drug-likeness (QED) is 0.463. The molecule has 3 heteroatoms. The van der Waals surface area contributed by atoms with Gasteiger partial charge in [-0.3, -0.25) is 0 Å². The summed E-state index contributed by atoms with van der Waals surface area (Å²) < 4.78 is 5.76. The van der Waals surface area contributed by atoms with E-state index in [1.807, 2.05) is 66.4 Å². The Labute approximate surface area is 142 Å². The first-order valence-electron chi connectivity index (χ1n) is 7.75. The molecular formula is C20H21NOS. The number of thioether (sulfide) groups is 1. The van der Waals surface area contributed by atoms with Crippen LogP contribution in [0.2, 0.25) is 0 Å². The maximum Gasteiger partial charge on any atom is 0.119 e. The Bertz CT molecular complexity index is 641. The maximum absolute atomic E-state index is 8.83. The molecule has 2 rings (SSSR count). The van der Waals surface area contributed by atoms with Crippen molar-refractivity contribution in [1.29, 1.82) is 5.26 Å². The molecule has 0 heterocycles. The predicted molar refractivity (Wildman–Crippen MR) is 98.8 cm³/mol. The number of hydrogen-bond donors (Lipinski definition) is 0. The molecule has 23 heavy (non-hydrogen) atoms. The van der Waals surface area contributed by atoms with Gasteiger partial charge in [0, 0.05) is 5.75 Å². The molecule has 0 saturated carbocycles. The molecule has 0 aliphatic rings.